The second-order valence-electron chi connectivity index (χ2n) is 4.23. The number of hydrogen-bond acceptors (Lipinski definition) is 4. The molecule has 1 saturated heterocycles. The molecule has 1 aromatic carbocycles. The molecule has 5 nitrogen and oxygen atoms in total. The van der Waals surface area contributed by atoms with Gasteiger partial charge >= 0.3 is 0 Å². The van der Waals surface area contributed by atoms with Gasteiger partial charge < -0.3 is 5.32 Å². The van der Waals surface area contributed by atoms with Gasteiger partial charge in [0.1, 0.15) is 0 Å². The summed E-state index contributed by atoms with van der Waals surface area (Å²) < 4.78 is 25.5. The number of rotatable bonds is 3. The number of nitrogens with one attached hydrogen (secondary N) is 1. The summed E-state index contributed by atoms with van der Waals surface area (Å²) in [5, 5.41) is 13.0. The van der Waals surface area contributed by atoms with Crippen LogP contribution in [0, 0.1) is 11.3 Å². The fourth-order valence-electron chi connectivity index (χ4n) is 1.82. The van der Waals surface area contributed by atoms with E-state index < -0.39 is 10.0 Å². The highest BCUT2D eigenvalue weighted by molar-refractivity contribution is 7.92. The molecule has 1 aliphatic rings. The number of benzene rings is 1. The average Bonchev–Trinajstić information content (AvgIpc) is 2.47. The Bertz CT molecular complexity index is 594. The monoisotopic (exact) mass is 277 g/mol. The van der Waals surface area contributed by atoms with Gasteiger partial charge in [0.15, 0.2) is 0 Å². The smallest absolute Gasteiger partial charge is 0.236 e. The van der Waals surface area contributed by atoms with E-state index >= 15 is 0 Å². The maximum atomic E-state index is 12.0. The summed E-state index contributed by atoms with van der Waals surface area (Å²) in [7, 11) is -3.35. The lowest BCUT2D eigenvalue weighted by atomic mass is 10.1. The highest BCUT2D eigenvalue weighted by atomic mass is 32.2. The van der Waals surface area contributed by atoms with Crippen LogP contribution in [0.25, 0.3) is 6.08 Å². The molecule has 0 aromatic heterocycles. The fourth-order valence-corrected chi connectivity index (χ4v) is 3.01. The molecular weight excluding hydrogens is 262 g/mol. The van der Waals surface area contributed by atoms with Gasteiger partial charge in [0, 0.05) is 31.6 Å². The molecule has 1 N–H and O–H groups in total. The predicted octanol–water partition coefficient (Wildman–Crippen LogP) is 0.764. The van der Waals surface area contributed by atoms with Gasteiger partial charge in [-0.3, -0.25) is 0 Å². The topological polar surface area (TPSA) is 73.2 Å². The van der Waals surface area contributed by atoms with Crippen molar-refractivity contribution in [3.05, 3.63) is 40.8 Å². The molecule has 2 rings (SSSR count). The van der Waals surface area contributed by atoms with E-state index in [1.165, 1.54) is 9.71 Å². The van der Waals surface area contributed by atoms with Crippen LogP contribution in [-0.4, -0.2) is 38.9 Å². The van der Waals surface area contributed by atoms with Crippen molar-refractivity contribution in [1.82, 2.24) is 9.62 Å². The predicted molar refractivity (Wildman–Crippen MR) is 73.6 cm³/mol. The van der Waals surface area contributed by atoms with Gasteiger partial charge in [-0.05, 0) is 23.8 Å². The van der Waals surface area contributed by atoms with Crippen LogP contribution in [0.4, 0.5) is 0 Å². The van der Waals surface area contributed by atoms with Crippen molar-refractivity contribution < 1.29 is 8.42 Å². The summed E-state index contributed by atoms with van der Waals surface area (Å²) in [6.45, 7) is 2.37. The molecule has 0 unspecified atom stereocenters. The third kappa shape index (κ3) is 3.64. The summed E-state index contributed by atoms with van der Waals surface area (Å²) in [6, 6.07) is 8.80. The van der Waals surface area contributed by atoms with Crippen LogP contribution in [-0.2, 0) is 10.0 Å². The Kier molecular flexibility index (Phi) is 4.32. The summed E-state index contributed by atoms with van der Waals surface area (Å²) >= 11 is 0. The third-order valence-electron chi connectivity index (χ3n) is 2.91. The molecule has 0 spiro atoms. The second-order valence-corrected chi connectivity index (χ2v) is 6.05. The van der Waals surface area contributed by atoms with Gasteiger partial charge in [0.05, 0.1) is 11.6 Å². The molecule has 1 aromatic rings. The largest absolute Gasteiger partial charge is 0.314 e. The fraction of sp³-hybridized carbons (Fsp3) is 0.308. The van der Waals surface area contributed by atoms with Crippen molar-refractivity contribution >= 4 is 16.1 Å². The van der Waals surface area contributed by atoms with E-state index in [-0.39, 0.29) is 0 Å². The molecule has 0 aliphatic carbocycles. The Hall–Kier alpha value is -1.68. The maximum Gasteiger partial charge on any atom is 0.236 e. The molecule has 19 heavy (non-hydrogen) atoms. The minimum atomic E-state index is -3.35. The third-order valence-corrected chi connectivity index (χ3v) is 4.47. The van der Waals surface area contributed by atoms with Gasteiger partial charge in [-0.1, -0.05) is 12.1 Å². The Morgan fingerprint density at radius 1 is 1.21 bits per heavy atom. The van der Waals surface area contributed by atoms with Crippen LogP contribution in [0.3, 0.4) is 0 Å². The molecule has 0 saturated carbocycles. The standard InChI is InChI=1S/C13H15N3O2S/c14-11-13-3-1-12(2-4-13)5-10-19(17,18)16-8-6-15-7-9-16/h1-5,10,15H,6-9H2/b10-5+. The van der Waals surface area contributed by atoms with Gasteiger partial charge in [-0.15, -0.1) is 0 Å². The molecule has 0 radical (unpaired) electrons. The van der Waals surface area contributed by atoms with Crippen molar-refractivity contribution in [3.8, 4) is 6.07 Å². The Morgan fingerprint density at radius 2 is 1.84 bits per heavy atom. The van der Waals surface area contributed by atoms with Crippen LogP contribution in [0.5, 0.6) is 0 Å². The molecule has 1 aliphatic heterocycles. The number of nitrogens with zero attached hydrogens (tertiary/aromatic N) is 2. The van der Waals surface area contributed by atoms with Crippen molar-refractivity contribution in [3.63, 3.8) is 0 Å². The lowest BCUT2D eigenvalue weighted by Crippen LogP contribution is -2.45. The Labute approximate surface area is 113 Å². The quantitative estimate of drug-likeness (QED) is 0.885. The van der Waals surface area contributed by atoms with Gasteiger partial charge in [0.25, 0.3) is 0 Å². The number of piperazine rings is 1. The summed E-state index contributed by atoms with van der Waals surface area (Å²) in [5.74, 6) is 0. The zero-order valence-corrected chi connectivity index (χ0v) is 11.2. The zero-order valence-electron chi connectivity index (χ0n) is 10.4. The molecule has 100 valence electrons. The lowest BCUT2D eigenvalue weighted by Gasteiger charge is -2.25. The number of hydrogen-bond donors (Lipinski definition) is 1. The van der Waals surface area contributed by atoms with Crippen LogP contribution in [0.2, 0.25) is 0 Å². The van der Waals surface area contributed by atoms with E-state index in [1.54, 1.807) is 30.3 Å². The maximum absolute atomic E-state index is 12.0. The first kappa shape index (κ1) is 13.7. The Morgan fingerprint density at radius 3 is 2.42 bits per heavy atom. The first-order chi connectivity index (χ1) is 9.12. The van der Waals surface area contributed by atoms with E-state index in [1.807, 2.05) is 6.07 Å². The minimum Gasteiger partial charge on any atom is -0.314 e. The molecular formula is C13H15N3O2S. The van der Waals surface area contributed by atoms with E-state index in [0.717, 1.165) is 5.56 Å². The van der Waals surface area contributed by atoms with Crippen LogP contribution >= 0.6 is 0 Å². The first-order valence-electron chi connectivity index (χ1n) is 6.01. The van der Waals surface area contributed by atoms with E-state index in [4.69, 9.17) is 5.26 Å². The van der Waals surface area contributed by atoms with Crippen LogP contribution in [0.1, 0.15) is 11.1 Å². The highest BCUT2D eigenvalue weighted by Gasteiger charge is 2.20. The SMILES string of the molecule is N#Cc1ccc(/C=C/S(=O)(=O)N2CCNCC2)cc1. The van der Waals surface area contributed by atoms with E-state index in [9.17, 15) is 8.42 Å². The Balaban J connectivity index is 2.10. The molecule has 0 bridgehead atoms. The van der Waals surface area contributed by atoms with E-state index in [0.29, 0.717) is 31.7 Å². The van der Waals surface area contributed by atoms with Gasteiger partial charge in [-0.25, -0.2) is 8.42 Å². The van der Waals surface area contributed by atoms with Gasteiger partial charge in [0.2, 0.25) is 10.0 Å². The van der Waals surface area contributed by atoms with Gasteiger partial charge in [-0.2, -0.15) is 9.57 Å². The molecule has 0 amide bonds. The van der Waals surface area contributed by atoms with Crippen LogP contribution < -0.4 is 5.32 Å². The van der Waals surface area contributed by atoms with E-state index in [2.05, 4.69) is 5.32 Å². The first-order valence-corrected chi connectivity index (χ1v) is 7.51. The summed E-state index contributed by atoms with van der Waals surface area (Å²) in [5.41, 5.74) is 1.32. The van der Waals surface area contributed by atoms with Crippen LogP contribution in [0.15, 0.2) is 29.7 Å². The lowest BCUT2D eigenvalue weighted by molar-refractivity contribution is 0.364. The molecule has 0 atom stereocenters. The van der Waals surface area contributed by atoms with Crippen molar-refractivity contribution in [1.29, 1.82) is 5.26 Å². The van der Waals surface area contributed by atoms with Crippen molar-refractivity contribution in [2.75, 3.05) is 26.2 Å². The minimum absolute atomic E-state index is 0.500. The number of nitriles is 1. The normalized spacial score (nSPS) is 17.4. The molecule has 1 fully saturated rings. The number of sulfonamides is 1. The average molecular weight is 277 g/mol. The van der Waals surface area contributed by atoms with Crippen molar-refractivity contribution in [2.45, 2.75) is 0 Å². The molecule has 6 heteroatoms. The summed E-state index contributed by atoms with van der Waals surface area (Å²) in [6.07, 6.45) is 1.55. The summed E-state index contributed by atoms with van der Waals surface area (Å²) in [4.78, 5) is 0. The van der Waals surface area contributed by atoms with Crippen molar-refractivity contribution in [2.24, 2.45) is 0 Å². The molecule has 1 heterocycles. The zero-order chi connectivity index (χ0) is 13.7. The second kappa shape index (κ2) is 5.97. The highest BCUT2D eigenvalue weighted by Crippen LogP contribution is 2.10.